The normalized spacial score (nSPS) is 13.5. The molecule has 0 saturated heterocycles. The Morgan fingerprint density at radius 3 is 2.76 bits per heavy atom. The van der Waals surface area contributed by atoms with Gasteiger partial charge < -0.3 is 5.11 Å². The Kier molecular flexibility index (Phi) is 5.30. The molecule has 0 aliphatic heterocycles. The molecule has 1 unspecified atom stereocenters. The number of thioether (sulfide) groups is 1. The van der Waals surface area contributed by atoms with Crippen LogP contribution in [0, 0.1) is 0 Å². The number of nitrogens with one attached hydrogen (secondary N) is 1. The minimum absolute atomic E-state index is 0.0524. The molecule has 0 aromatic heterocycles. The highest BCUT2D eigenvalue weighted by atomic mass is 32.2. The summed E-state index contributed by atoms with van der Waals surface area (Å²) < 4.78 is 26.4. The van der Waals surface area contributed by atoms with Crippen molar-refractivity contribution in [1.29, 1.82) is 0 Å². The molecular formula is C11H17NO3S2. The number of benzene rings is 1. The first kappa shape index (κ1) is 14.3. The lowest BCUT2D eigenvalue weighted by atomic mass is 10.3. The van der Waals surface area contributed by atoms with Crippen LogP contribution in [0.1, 0.15) is 13.8 Å². The van der Waals surface area contributed by atoms with Crippen molar-refractivity contribution < 1.29 is 13.5 Å². The fourth-order valence-corrected chi connectivity index (χ4v) is 3.37. The molecule has 0 heterocycles. The summed E-state index contributed by atoms with van der Waals surface area (Å²) in [5.41, 5.74) is 0. The molecular weight excluding hydrogens is 258 g/mol. The number of hydrogen-bond acceptors (Lipinski definition) is 4. The molecule has 6 heteroatoms. The summed E-state index contributed by atoms with van der Waals surface area (Å²) in [4.78, 5) is 0.0887. The highest BCUT2D eigenvalue weighted by molar-refractivity contribution is 7.99. The Morgan fingerprint density at radius 2 is 2.18 bits per heavy atom. The van der Waals surface area contributed by atoms with Crippen LogP contribution in [-0.2, 0) is 10.0 Å². The zero-order valence-corrected chi connectivity index (χ0v) is 11.5. The Labute approximate surface area is 106 Å². The van der Waals surface area contributed by atoms with Crippen molar-refractivity contribution in [3.8, 4) is 5.75 Å². The Hall–Kier alpha value is -0.720. The van der Waals surface area contributed by atoms with Crippen LogP contribution in [0.4, 0.5) is 0 Å². The molecule has 2 N–H and O–H groups in total. The van der Waals surface area contributed by atoms with Gasteiger partial charge in [-0.15, -0.1) is 0 Å². The number of phenols is 1. The van der Waals surface area contributed by atoms with E-state index in [9.17, 15) is 13.5 Å². The van der Waals surface area contributed by atoms with E-state index in [1.807, 2.05) is 13.8 Å². The lowest BCUT2D eigenvalue weighted by molar-refractivity contribution is 0.473. The minimum atomic E-state index is -3.54. The molecule has 1 atom stereocenters. The standard InChI is InChI=1S/C11H17NO3S2/c1-3-16-8-9(2)12-17(14,15)11-6-4-5-10(13)7-11/h4-7,9,12-13H,3,8H2,1-2H3. The van der Waals surface area contributed by atoms with Gasteiger partial charge in [0.2, 0.25) is 10.0 Å². The smallest absolute Gasteiger partial charge is 0.240 e. The summed E-state index contributed by atoms with van der Waals surface area (Å²) in [6, 6.07) is 5.52. The molecule has 0 amide bonds. The summed E-state index contributed by atoms with van der Waals surface area (Å²) in [6.07, 6.45) is 0. The predicted molar refractivity (Wildman–Crippen MR) is 70.9 cm³/mol. The first-order valence-electron chi connectivity index (χ1n) is 5.35. The second-order valence-electron chi connectivity index (χ2n) is 3.68. The summed E-state index contributed by atoms with van der Waals surface area (Å²) in [6.45, 7) is 3.85. The minimum Gasteiger partial charge on any atom is -0.508 e. The lowest BCUT2D eigenvalue weighted by Gasteiger charge is -2.13. The van der Waals surface area contributed by atoms with E-state index in [4.69, 9.17) is 0 Å². The molecule has 0 aliphatic carbocycles. The molecule has 96 valence electrons. The molecule has 0 fully saturated rings. The average molecular weight is 275 g/mol. The second-order valence-corrected chi connectivity index (χ2v) is 6.71. The largest absolute Gasteiger partial charge is 0.508 e. The van der Waals surface area contributed by atoms with Crippen LogP contribution in [0.25, 0.3) is 0 Å². The van der Waals surface area contributed by atoms with Gasteiger partial charge in [-0.25, -0.2) is 13.1 Å². The van der Waals surface area contributed by atoms with Crippen LogP contribution in [0.15, 0.2) is 29.2 Å². The van der Waals surface area contributed by atoms with Crippen LogP contribution >= 0.6 is 11.8 Å². The zero-order chi connectivity index (χ0) is 12.9. The summed E-state index contributed by atoms with van der Waals surface area (Å²) in [5, 5.41) is 9.26. The maximum atomic E-state index is 11.9. The summed E-state index contributed by atoms with van der Waals surface area (Å²) in [5.74, 6) is 1.63. The monoisotopic (exact) mass is 275 g/mol. The third-order valence-corrected chi connectivity index (χ3v) is 4.79. The lowest BCUT2D eigenvalue weighted by Crippen LogP contribution is -2.34. The third kappa shape index (κ3) is 4.57. The van der Waals surface area contributed by atoms with E-state index in [-0.39, 0.29) is 16.7 Å². The van der Waals surface area contributed by atoms with Crippen molar-refractivity contribution in [3.05, 3.63) is 24.3 Å². The van der Waals surface area contributed by atoms with E-state index >= 15 is 0 Å². The predicted octanol–water partition coefficient (Wildman–Crippen LogP) is 1.81. The van der Waals surface area contributed by atoms with Gasteiger partial charge >= 0.3 is 0 Å². The van der Waals surface area contributed by atoms with Crippen LogP contribution in [0.2, 0.25) is 0 Å². The molecule has 1 aromatic rings. The fourth-order valence-electron chi connectivity index (χ4n) is 1.31. The molecule has 17 heavy (non-hydrogen) atoms. The van der Waals surface area contributed by atoms with Crippen LogP contribution in [0.5, 0.6) is 5.75 Å². The zero-order valence-electron chi connectivity index (χ0n) is 9.88. The number of phenolic OH excluding ortho intramolecular Hbond substituents is 1. The molecule has 1 rings (SSSR count). The van der Waals surface area contributed by atoms with Gasteiger partial charge in [-0.1, -0.05) is 13.0 Å². The molecule has 4 nitrogen and oxygen atoms in total. The van der Waals surface area contributed by atoms with Gasteiger partial charge in [0.05, 0.1) is 4.90 Å². The maximum Gasteiger partial charge on any atom is 0.240 e. The highest BCUT2D eigenvalue weighted by Gasteiger charge is 2.17. The maximum absolute atomic E-state index is 11.9. The Balaban J connectivity index is 2.75. The van der Waals surface area contributed by atoms with Crippen molar-refractivity contribution in [1.82, 2.24) is 4.72 Å². The summed E-state index contributed by atoms with van der Waals surface area (Å²) >= 11 is 1.68. The summed E-state index contributed by atoms with van der Waals surface area (Å²) in [7, 11) is -3.54. The molecule has 0 spiro atoms. The van der Waals surface area contributed by atoms with Gasteiger partial charge in [0.25, 0.3) is 0 Å². The van der Waals surface area contributed by atoms with Gasteiger partial charge in [-0.2, -0.15) is 11.8 Å². The van der Waals surface area contributed by atoms with Gasteiger partial charge in [0, 0.05) is 11.8 Å². The molecule has 0 radical (unpaired) electrons. The van der Waals surface area contributed by atoms with E-state index < -0.39 is 10.0 Å². The second kappa shape index (κ2) is 6.28. The van der Waals surface area contributed by atoms with Crippen LogP contribution < -0.4 is 4.72 Å². The van der Waals surface area contributed by atoms with Crippen LogP contribution in [-0.4, -0.2) is 31.1 Å². The highest BCUT2D eigenvalue weighted by Crippen LogP contribution is 2.16. The van der Waals surface area contributed by atoms with Crippen molar-refractivity contribution in [2.75, 3.05) is 11.5 Å². The fraction of sp³-hybridized carbons (Fsp3) is 0.455. The number of rotatable bonds is 6. The Morgan fingerprint density at radius 1 is 1.47 bits per heavy atom. The van der Waals surface area contributed by atoms with Gasteiger partial charge in [0.15, 0.2) is 0 Å². The number of aromatic hydroxyl groups is 1. The van der Waals surface area contributed by atoms with Gasteiger partial charge in [0.1, 0.15) is 5.75 Å². The molecule has 1 aromatic carbocycles. The SMILES string of the molecule is CCSCC(C)NS(=O)(=O)c1cccc(O)c1. The first-order chi connectivity index (χ1) is 7.95. The third-order valence-electron chi connectivity index (χ3n) is 2.06. The molecule has 0 bridgehead atoms. The van der Waals surface area contributed by atoms with Crippen molar-refractivity contribution in [2.24, 2.45) is 0 Å². The number of hydrogen-bond donors (Lipinski definition) is 2. The van der Waals surface area contributed by atoms with Crippen molar-refractivity contribution in [2.45, 2.75) is 24.8 Å². The first-order valence-corrected chi connectivity index (χ1v) is 7.98. The quantitative estimate of drug-likeness (QED) is 0.831. The van der Waals surface area contributed by atoms with Crippen molar-refractivity contribution >= 4 is 21.8 Å². The number of sulfonamides is 1. The van der Waals surface area contributed by atoms with Gasteiger partial charge in [-0.05, 0) is 30.9 Å². The average Bonchev–Trinajstić information content (AvgIpc) is 2.26. The van der Waals surface area contributed by atoms with E-state index in [0.717, 1.165) is 11.5 Å². The van der Waals surface area contributed by atoms with Crippen molar-refractivity contribution in [3.63, 3.8) is 0 Å². The molecule has 0 saturated carbocycles. The molecule has 0 aliphatic rings. The van der Waals surface area contributed by atoms with E-state index in [0.29, 0.717) is 0 Å². The van der Waals surface area contributed by atoms with E-state index in [1.165, 1.54) is 24.3 Å². The van der Waals surface area contributed by atoms with E-state index in [1.54, 1.807) is 11.8 Å². The Bertz CT molecular complexity index is 460. The van der Waals surface area contributed by atoms with Crippen LogP contribution in [0.3, 0.4) is 0 Å². The van der Waals surface area contributed by atoms with E-state index in [2.05, 4.69) is 4.72 Å². The van der Waals surface area contributed by atoms with Gasteiger partial charge in [-0.3, -0.25) is 0 Å². The topological polar surface area (TPSA) is 66.4 Å².